The van der Waals surface area contributed by atoms with Crippen molar-refractivity contribution in [3.05, 3.63) is 0 Å². The topological polar surface area (TPSA) is 103 Å². The summed E-state index contributed by atoms with van der Waals surface area (Å²) in [7, 11) is 3.04. The summed E-state index contributed by atoms with van der Waals surface area (Å²) in [5, 5.41) is 5.21. The molecule has 106 valence electrons. The van der Waals surface area contributed by atoms with E-state index >= 15 is 0 Å². The average Bonchev–Trinajstić information content (AvgIpc) is 2.35. The molecule has 0 fully saturated rings. The van der Waals surface area contributed by atoms with Crippen LogP contribution in [0.1, 0.15) is 13.3 Å². The van der Waals surface area contributed by atoms with Crippen LogP contribution in [0.3, 0.4) is 0 Å². The Hall–Kier alpha value is -1.18. The largest absolute Gasteiger partial charge is 0.383 e. The zero-order valence-corrected chi connectivity index (χ0v) is 11.2. The fourth-order valence-corrected chi connectivity index (χ4v) is 1.27. The molecule has 7 nitrogen and oxygen atoms in total. The fraction of sp³-hybridized carbons (Fsp3) is 0.818. The van der Waals surface area contributed by atoms with E-state index in [0.717, 1.165) is 0 Å². The van der Waals surface area contributed by atoms with Crippen molar-refractivity contribution >= 4 is 11.8 Å². The van der Waals surface area contributed by atoms with Gasteiger partial charge in [-0.15, -0.1) is 0 Å². The van der Waals surface area contributed by atoms with Gasteiger partial charge in [0.1, 0.15) is 6.04 Å². The zero-order chi connectivity index (χ0) is 14.0. The first-order valence-electron chi connectivity index (χ1n) is 5.84. The van der Waals surface area contributed by atoms with E-state index in [1.54, 1.807) is 14.0 Å². The highest BCUT2D eigenvalue weighted by atomic mass is 16.5. The minimum atomic E-state index is -0.593. The van der Waals surface area contributed by atoms with Gasteiger partial charge in [-0.1, -0.05) is 0 Å². The Kier molecular flexibility index (Phi) is 9.17. The molecule has 0 saturated carbocycles. The number of carbonyl (C=O) groups excluding carboxylic acids is 2. The van der Waals surface area contributed by atoms with Gasteiger partial charge in [-0.3, -0.25) is 9.59 Å². The zero-order valence-electron chi connectivity index (χ0n) is 11.2. The molecule has 0 bridgehead atoms. The molecule has 0 aliphatic rings. The second kappa shape index (κ2) is 9.81. The number of hydrogen-bond acceptors (Lipinski definition) is 5. The fourth-order valence-electron chi connectivity index (χ4n) is 1.27. The van der Waals surface area contributed by atoms with E-state index in [4.69, 9.17) is 15.2 Å². The van der Waals surface area contributed by atoms with Crippen LogP contribution in [0, 0.1) is 0 Å². The van der Waals surface area contributed by atoms with E-state index in [0.29, 0.717) is 13.2 Å². The highest BCUT2D eigenvalue weighted by molar-refractivity contribution is 5.87. The molecule has 0 aliphatic carbocycles. The predicted octanol–water partition coefficient (Wildman–Crippen LogP) is -1.38. The number of nitrogens with two attached hydrogens (primary N) is 1. The van der Waals surface area contributed by atoms with Gasteiger partial charge >= 0.3 is 0 Å². The van der Waals surface area contributed by atoms with Crippen LogP contribution >= 0.6 is 0 Å². The normalized spacial score (nSPS) is 13.8. The third-order valence-corrected chi connectivity index (χ3v) is 2.39. The standard InChI is InChI=1S/C11H23N3O4/c1-8(11(16)13-4-5-17-2)14-10(15)6-9(7-12)18-3/h8-9H,4-7,12H2,1-3H3,(H,13,16)(H,14,15). The Balaban J connectivity index is 3.94. The lowest BCUT2D eigenvalue weighted by Crippen LogP contribution is -2.46. The number of carbonyl (C=O) groups is 2. The lowest BCUT2D eigenvalue weighted by atomic mass is 10.2. The molecule has 2 unspecified atom stereocenters. The molecule has 0 radical (unpaired) electrons. The first-order chi connectivity index (χ1) is 8.54. The van der Waals surface area contributed by atoms with Crippen LogP contribution in [0.2, 0.25) is 0 Å². The van der Waals surface area contributed by atoms with Crippen molar-refractivity contribution in [3.8, 4) is 0 Å². The van der Waals surface area contributed by atoms with E-state index in [9.17, 15) is 9.59 Å². The Morgan fingerprint density at radius 2 is 2.00 bits per heavy atom. The lowest BCUT2D eigenvalue weighted by molar-refractivity contribution is -0.129. The Morgan fingerprint density at radius 1 is 1.33 bits per heavy atom. The van der Waals surface area contributed by atoms with E-state index in [1.165, 1.54) is 7.11 Å². The smallest absolute Gasteiger partial charge is 0.242 e. The first kappa shape index (κ1) is 16.8. The van der Waals surface area contributed by atoms with Gasteiger partial charge in [-0.25, -0.2) is 0 Å². The third kappa shape index (κ3) is 7.21. The highest BCUT2D eigenvalue weighted by Crippen LogP contribution is 1.95. The SMILES string of the molecule is COCCNC(=O)C(C)NC(=O)CC(CN)OC. The maximum Gasteiger partial charge on any atom is 0.242 e. The van der Waals surface area contributed by atoms with E-state index in [-0.39, 0.29) is 30.9 Å². The van der Waals surface area contributed by atoms with Crippen molar-refractivity contribution in [1.29, 1.82) is 0 Å². The molecule has 0 aromatic rings. The van der Waals surface area contributed by atoms with Gasteiger partial charge < -0.3 is 25.8 Å². The van der Waals surface area contributed by atoms with E-state index < -0.39 is 6.04 Å². The maximum atomic E-state index is 11.6. The maximum absolute atomic E-state index is 11.6. The average molecular weight is 261 g/mol. The quantitative estimate of drug-likeness (QED) is 0.444. The van der Waals surface area contributed by atoms with Crippen LogP contribution in [-0.2, 0) is 19.1 Å². The Bertz CT molecular complexity index is 257. The van der Waals surface area contributed by atoms with Crippen molar-refractivity contribution in [2.45, 2.75) is 25.5 Å². The molecule has 7 heteroatoms. The number of nitrogens with one attached hydrogen (secondary N) is 2. The molecular weight excluding hydrogens is 238 g/mol. The summed E-state index contributed by atoms with van der Waals surface area (Å²) in [5.41, 5.74) is 5.41. The minimum Gasteiger partial charge on any atom is -0.383 e. The second-order valence-electron chi connectivity index (χ2n) is 3.87. The summed E-state index contributed by atoms with van der Waals surface area (Å²) >= 11 is 0. The third-order valence-electron chi connectivity index (χ3n) is 2.39. The molecule has 2 amide bonds. The minimum absolute atomic E-state index is 0.142. The number of hydrogen-bond donors (Lipinski definition) is 3. The molecule has 4 N–H and O–H groups in total. The highest BCUT2D eigenvalue weighted by Gasteiger charge is 2.17. The van der Waals surface area contributed by atoms with Gasteiger partial charge in [0.25, 0.3) is 0 Å². The summed E-state index contributed by atoms with van der Waals surface area (Å²) < 4.78 is 9.79. The molecular formula is C11H23N3O4. The van der Waals surface area contributed by atoms with Crippen molar-refractivity contribution in [2.75, 3.05) is 33.9 Å². The van der Waals surface area contributed by atoms with E-state index in [1.807, 2.05) is 0 Å². The number of amides is 2. The molecule has 0 aliphatic heterocycles. The summed E-state index contributed by atoms with van der Waals surface area (Å²) in [6.45, 7) is 2.73. The van der Waals surface area contributed by atoms with Crippen LogP contribution in [0.5, 0.6) is 0 Å². The van der Waals surface area contributed by atoms with Crippen LogP contribution in [0.25, 0.3) is 0 Å². The molecule has 0 spiro atoms. The van der Waals surface area contributed by atoms with Crippen LogP contribution in [0.15, 0.2) is 0 Å². The summed E-state index contributed by atoms with van der Waals surface area (Å²) in [5.74, 6) is -0.510. The molecule has 2 atom stereocenters. The van der Waals surface area contributed by atoms with Gasteiger partial charge in [0, 0.05) is 27.3 Å². The summed E-state index contributed by atoms with van der Waals surface area (Å²) in [4.78, 5) is 23.1. The number of rotatable bonds is 9. The molecule has 0 aromatic heterocycles. The number of methoxy groups -OCH3 is 2. The second-order valence-corrected chi connectivity index (χ2v) is 3.87. The van der Waals surface area contributed by atoms with Crippen molar-refractivity contribution in [1.82, 2.24) is 10.6 Å². The Morgan fingerprint density at radius 3 is 2.50 bits per heavy atom. The van der Waals surface area contributed by atoms with Crippen LogP contribution in [-0.4, -0.2) is 57.9 Å². The van der Waals surface area contributed by atoms with Gasteiger partial charge in [-0.05, 0) is 6.92 Å². The van der Waals surface area contributed by atoms with Gasteiger partial charge in [0.05, 0.1) is 19.1 Å². The molecule has 0 heterocycles. The summed E-state index contributed by atoms with van der Waals surface area (Å²) in [6, 6.07) is -0.593. The van der Waals surface area contributed by atoms with Gasteiger partial charge in [0.15, 0.2) is 0 Å². The van der Waals surface area contributed by atoms with Crippen molar-refractivity contribution in [2.24, 2.45) is 5.73 Å². The molecule has 0 saturated heterocycles. The van der Waals surface area contributed by atoms with E-state index in [2.05, 4.69) is 10.6 Å². The predicted molar refractivity (Wildman–Crippen MR) is 67.0 cm³/mol. The lowest BCUT2D eigenvalue weighted by Gasteiger charge is -2.16. The number of ether oxygens (including phenoxy) is 2. The monoisotopic (exact) mass is 261 g/mol. The van der Waals surface area contributed by atoms with Gasteiger partial charge in [-0.2, -0.15) is 0 Å². The van der Waals surface area contributed by atoms with Crippen LogP contribution in [0.4, 0.5) is 0 Å². The Labute approximate surface area is 107 Å². The molecule has 0 aromatic carbocycles. The van der Waals surface area contributed by atoms with Gasteiger partial charge in [0.2, 0.25) is 11.8 Å². The summed E-state index contributed by atoms with van der Waals surface area (Å²) in [6.07, 6.45) is -0.184. The molecule has 0 rings (SSSR count). The molecule has 18 heavy (non-hydrogen) atoms. The first-order valence-corrected chi connectivity index (χ1v) is 5.84. The van der Waals surface area contributed by atoms with Crippen LogP contribution < -0.4 is 16.4 Å². The van der Waals surface area contributed by atoms with Crippen molar-refractivity contribution < 1.29 is 19.1 Å². The van der Waals surface area contributed by atoms with Crippen molar-refractivity contribution in [3.63, 3.8) is 0 Å².